The molecule has 6 nitrogen and oxygen atoms in total. The van der Waals surface area contributed by atoms with E-state index in [-0.39, 0.29) is 5.91 Å². The molecule has 0 bridgehead atoms. The third-order valence-electron chi connectivity index (χ3n) is 5.02. The Bertz CT molecular complexity index is 979. The lowest BCUT2D eigenvalue weighted by Gasteiger charge is -2.34. The van der Waals surface area contributed by atoms with E-state index in [0.29, 0.717) is 11.4 Å². The number of hydrogen-bond donors (Lipinski definition) is 1. The molecule has 27 heavy (non-hydrogen) atoms. The van der Waals surface area contributed by atoms with E-state index >= 15 is 0 Å². The van der Waals surface area contributed by atoms with Gasteiger partial charge in [0.25, 0.3) is 5.91 Å². The van der Waals surface area contributed by atoms with Gasteiger partial charge in [-0.05, 0) is 49.2 Å². The summed E-state index contributed by atoms with van der Waals surface area (Å²) in [6.07, 6.45) is 3.52. The zero-order chi connectivity index (χ0) is 18.8. The SMILES string of the molecule is Cc1ccc(NC(=O)c2ccc3cnccc3c2)nc1N1CCN(C)CC1. The topological polar surface area (TPSA) is 61.4 Å². The maximum absolute atomic E-state index is 12.7. The molecular formula is C21H23N5O. The van der Waals surface area contributed by atoms with Crippen molar-refractivity contribution in [2.45, 2.75) is 6.92 Å². The normalized spacial score (nSPS) is 15.1. The van der Waals surface area contributed by atoms with E-state index in [1.807, 2.05) is 36.4 Å². The first kappa shape index (κ1) is 17.4. The number of amides is 1. The fraction of sp³-hybridized carbons (Fsp3) is 0.286. The van der Waals surface area contributed by atoms with Crippen LogP contribution in [0.15, 0.2) is 48.8 Å². The Morgan fingerprint density at radius 3 is 2.67 bits per heavy atom. The Morgan fingerprint density at radius 1 is 1.04 bits per heavy atom. The molecule has 1 saturated heterocycles. The standard InChI is InChI=1S/C21H23N5O/c1-15-3-6-19(23-20(15)26-11-9-25(2)10-12-26)24-21(27)17-4-5-18-14-22-8-7-16(18)13-17/h3-8,13-14H,9-12H2,1-2H3,(H,23,24,27). The third kappa shape index (κ3) is 3.75. The van der Waals surface area contributed by atoms with Gasteiger partial charge < -0.3 is 15.1 Å². The number of nitrogens with one attached hydrogen (secondary N) is 1. The highest BCUT2D eigenvalue weighted by Crippen LogP contribution is 2.22. The minimum absolute atomic E-state index is 0.158. The molecule has 3 aromatic rings. The maximum atomic E-state index is 12.7. The molecular weight excluding hydrogens is 338 g/mol. The van der Waals surface area contributed by atoms with Crippen LogP contribution in [0.4, 0.5) is 11.6 Å². The average molecular weight is 361 g/mol. The lowest BCUT2D eigenvalue weighted by molar-refractivity contribution is 0.102. The van der Waals surface area contributed by atoms with Gasteiger partial charge in [0.2, 0.25) is 0 Å². The van der Waals surface area contributed by atoms with Crippen LogP contribution in [0.1, 0.15) is 15.9 Å². The molecule has 0 atom stereocenters. The first-order valence-electron chi connectivity index (χ1n) is 9.16. The van der Waals surface area contributed by atoms with Gasteiger partial charge >= 0.3 is 0 Å². The molecule has 1 N–H and O–H groups in total. The fourth-order valence-corrected chi connectivity index (χ4v) is 3.34. The molecule has 1 aliphatic heterocycles. The van der Waals surface area contributed by atoms with E-state index in [2.05, 4.69) is 34.1 Å². The van der Waals surface area contributed by atoms with Crippen LogP contribution < -0.4 is 10.2 Å². The van der Waals surface area contributed by atoms with Gasteiger partial charge in [0.05, 0.1) is 0 Å². The molecule has 1 fully saturated rings. The molecule has 0 aliphatic carbocycles. The maximum Gasteiger partial charge on any atom is 0.256 e. The van der Waals surface area contributed by atoms with Gasteiger partial charge in [-0.2, -0.15) is 0 Å². The van der Waals surface area contributed by atoms with Gasteiger partial charge in [0.15, 0.2) is 0 Å². The summed E-state index contributed by atoms with van der Waals surface area (Å²) in [5.41, 5.74) is 1.73. The summed E-state index contributed by atoms with van der Waals surface area (Å²) in [6.45, 7) is 5.98. The quantitative estimate of drug-likeness (QED) is 0.777. The van der Waals surface area contributed by atoms with E-state index in [0.717, 1.165) is 48.3 Å². The first-order chi connectivity index (χ1) is 13.1. The zero-order valence-corrected chi connectivity index (χ0v) is 15.6. The second-order valence-corrected chi connectivity index (χ2v) is 7.02. The number of fused-ring (bicyclic) bond motifs is 1. The minimum Gasteiger partial charge on any atom is -0.354 e. The van der Waals surface area contributed by atoms with Gasteiger partial charge in [0.1, 0.15) is 11.6 Å². The molecule has 1 aromatic carbocycles. The Hall–Kier alpha value is -2.99. The van der Waals surface area contributed by atoms with Gasteiger partial charge in [0, 0.05) is 49.5 Å². The number of anilines is 2. The van der Waals surface area contributed by atoms with Gasteiger partial charge in [-0.1, -0.05) is 12.1 Å². The predicted octanol–water partition coefficient (Wildman–Crippen LogP) is 2.94. The summed E-state index contributed by atoms with van der Waals surface area (Å²) in [7, 11) is 2.13. The molecule has 1 aliphatic rings. The van der Waals surface area contributed by atoms with E-state index in [9.17, 15) is 4.79 Å². The Labute approximate surface area is 158 Å². The minimum atomic E-state index is -0.158. The van der Waals surface area contributed by atoms with Gasteiger partial charge in [-0.15, -0.1) is 0 Å². The fourth-order valence-electron chi connectivity index (χ4n) is 3.34. The van der Waals surface area contributed by atoms with Gasteiger partial charge in [-0.25, -0.2) is 4.98 Å². The number of nitrogens with zero attached hydrogens (tertiary/aromatic N) is 4. The number of carbonyl (C=O) groups excluding carboxylic acids is 1. The van der Waals surface area contributed by atoms with Crippen LogP contribution >= 0.6 is 0 Å². The highest BCUT2D eigenvalue weighted by Gasteiger charge is 2.18. The van der Waals surface area contributed by atoms with Crippen molar-refractivity contribution < 1.29 is 4.79 Å². The molecule has 3 heterocycles. The molecule has 138 valence electrons. The highest BCUT2D eigenvalue weighted by molar-refractivity contribution is 6.06. The van der Waals surface area contributed by atoms with E-state index in [1.165, 1.54) is 0 Å². The number of rotatable bonds is 3. The van der Waals surface area contributed by atoms with Crippen molar-refractivity contribution in [3.8, 4) is 0 Å². The van der Waals surface area contributed by atoms with Crippen LogP contribution in [-0.4, -0.2) is 54.0 Å². The molecule has 0 unspecified atom stereocenters. The molecule has 0 spiro atoms. The monoisotopic (exact) mass is 361 g/mol. The smallest absolute Gasteiger partial charge is 0.256 e. The molecule has 4 rings (SSSR count). The number of pyridine rings is 2. The lowest BCUT2D eigenvalue weighted by atomic mass is 10.1. The molecule has 2 aromatic heterocycles. The average Bonchev–Trinajstić information content (AvgIpc) is 2.70. The van der Waals surface area contributed by atoms with Crippen molar-refractivity contribution in [3.05, 3.63) is 59.9 Å². The number of piperazine rings is 1. The first-order valence-corrected chi connectivity index (χ1v) is 9.16. The van der Waals surface area contributed by atoms with Crippen LogP contribution in [-0.2, 0) is 0 Å². The van der Waals surface area contributed by atoms with Crippen LogP contribution in [0, 0.1) is 6.92 Å². The second kappa shape index (κ2) is 7.32. The van der Waals surface area contributed by atoms with Crippen molar-refractivity contribution in [2.24, 2.45) is 0 Å². The van der Waals surface area contributed by atoms with Crippen molar-refractivity contribution in [1.82, 2.24) is 14.9 Å². The van der Waals surface area contributed by atoms with Crippen LogP contribution in [0.25, 0.3) is 10.8 Å². The summed E-state index contributed by atoms with van der Waals surface area (Å²) >= 11 is 0. The molecule has 6 heteroatoms. The van der Waals surface area contributed by atoms with Crippen molar-refractivity contribution >= 4 is 28.3 Å². The summed E-state index contributed by atoms with van der Waals surface area (Å²) in [4.78, 5) is 26.1. The van der Waals surface area contributed by atoms with E-state index < -0.39 is 0 Å². The zero-order valence-electron chi connectivity index (χ0n) is 15.6. The summed E-state index contributed by atoms with van der Waals surface area (Å²) < 4.78 is 0. The van der Waals surface area contributed by atoms with E-state index in [4.69, 9.17) is 4.98 Å². The Morgan fingerprint density at radius 2 is 1.85 bits per heavy atom. The summed E-state index contributed by atoms with van der Waals surface area (Å²) in [5.74, 6) is 1.37. The summed E-state index contributed by atoms with van der Waals surface area (Å²) in [5, 5.41) is 4.94. The van der Waals surface area contributed by atoms with E-state index in [1.54, 1.807) is 12.4 Å². The largest absolute Gasteiger partial charge is 0.354 e. The lowest BCUT2D eigenvalue weighted by Crippen LogP contribution is -2.45. The van der Waals surface area contributed by atoms with Crippen molar-refractivity contribution in [2.75, 3.05) is 43.4 Å². The van der Waals surface area contributed by atoms with Crippen molar-refractivity contribution in [1.29, 1.82) is 0 Å². The predicted molar refractivity (Wildman–Crippen MR) is 108 cm³/mol. The van der Waals surface area contributed by atoms with Crippen LogP contribution in [0.5, 0.6) is 0 Å². The molecule has 0 radical (unpaired) electrons. The van der Waals surface area contributed by atoms with Crippen molar-refractivity contribution in [3.63, 3.8) is 0 Å². The summed E-state index contributed by atoms with van der Waals surface area (Å²) in [6, 6.07) is 11.4. The number of carbonyl (C=O) groups is 1. The molecule has 0 saturated carbocycles. The second-order valence-electron chi connectivity index (χ2n) is 7.02. The number of hydrogen-bond acceptors (Lipinski definition) is 5. The number of aryl methyl sites for hydroxylation is 1. The van der Waals surface area contributed by atoms with Gasteiger partial charge in [-0.3, -0.25) is 9.78 Å². The highest BCUT2D eigenvalue weighted by atomic mass is 16.1. The van der Waals surface area contributed by atoms with Crippen LogP contribution in [0.2, 0.25) is 0 Å². The van der Waals surface area contributed by atoms with Crippen LogP contribution in [0.3, 0.4) is 0 Å². The Kier molecular flexibility index (Phi) is 4.73. The molecule has 1 amide bonds. The number of likely N-dealkylation sites (N-methyl/N-ethyl adjacent to an activating group) is 1. The Balaban J connectivity index is 1.54. The third-order valence-corrected chi connectivity index (χ3v) is 5.02. The number of aromatic nitrogens is 2. The number of benzene rings is 1.